The maximum atomic E-state index is 11.7. The first-order valence-corrected chi connectivity index (χ1v) is 14.5. The number of hydrogen-bond acceptors (Lipinski definition) is 3. The van der Waals surface area contributed by atoms with Crippen molar-refractivity contribution in [3.63, 3.8) is 0 Å². The Morgan fingerprint density at radius 3 is 1.39 bits per heavy atom. The van der Waals surface area contributed by atoms with E-state index in [0.717, 1.165) is 0 Å². The minimum atomic E-state index is -0.497. The predicted octanol–water partition coefficient (Wildman–Crippen LogP) is 9.93. The minimum Gasteiger partial charge on any atom is -0.433 e. The molecular weight excluding hydrogens is 408 g/mol. The van der Waals surface area contributed by atoms with E-state index in [1.807, 2.05) is 6.92 Å². The van der Waals surface area contributed by atoms with Crippen LogP contribution in [-0.2, 0) is 14.3 Å². The molecule has 0 amide bonds. The smallest absolute Gasteiger partial charge is 0.335 e. The zero-order chi connectivity index (χ0) is 24.6. The van der Waals surface area contributed by atoms with E-state index in [1.54, 1.807) is 6.92 Å². The third-order valence-corrected chi connectivity index (χ3v) is 6.62. The highest BCUT2D eigenvalue weighted by atomic mass is 16.7. The van der Waals surface area contributed by atoms with Crippen LogP contribution in [0.25, 0.3) is 0 Å². The summed E-state index contributed by atoms with van der Waals surface area (Å²) in [7, 11) is 0. The van der Waals surface area contributed by atoms with Crippen molar-refractivity contribution in [2.45, 2.75) is 162 Å². The fourth-order valence-corrected chi connectivity index (χ4v) is 4.36. The molecule has 0 aliphatic rings. The Morgan fingerprint density at radius 2 is 1.03 bits per heavy atom. The fourth-order valence-electron chi connectivity index (χ4n) is 4.36. The summed E-state index contributed by atoms with van der Waals surface area (Å²) < 4.78 is 11.2. The summed E-state index contributed by atoms with van der Waals surface area (Å²) in [6.07, 6.45) is 26.6. The Labute approximate surface area is 207 Å². The van der Waals surface area contributed by atoms with Gasteiger partial charge in [0.25, 0.3) is 0 Å². The van der Waals surface area contributed by atoms with Crippen molar-refractivity contribution >= 4 is 5.97 Å². The van der Waals surface area contributed by atoms with Gasteiger partial charge in [-0.05, 0) is 32.6 Å². The molecule has 2 atom stereocenters. The molecule has 2 unspecified atom stereocenters. The van der Waals surface area contributed by atoms with Crippen LogP contribution in [0.3, 0.4) is 0 Å². The van der Waals surface area contributed by atoms with Crippen LogP contribution in [0.5, 0.6) is 0 Å². The average Bonchev–Trinajstić information content (AvgIpc) is 2.79. The molecule has 196 valence electrons. The van der Waals surface area contributed by atoms with E-state index in [9.17, 15) is 4.79 Å². The predicted molar refractivity (Wildman–Crippen MR) is 143 cm³/mol. The molecule has 0 aliphatic carbocycles. The number of rotatable bonds is 25. The van der Waals surface area contributed by atoms with Crippen LogP contribution in [0.2, 0.25) is 0 Å². The SMILES string of the molecule is C=C(C)C(=O)OC(C)OCC(CCCCCCCCCC)CCCCCCCCCCCC. The summed E-state index contributed by atoms with van der Waals surface area (Å²) in [4.78, 5) is 11.7. The maximum absolute atomic E-state index is 11.7. The van der Waals surface area contributed by atoms with E-state index in [0.29, 0.717) is 18.1 Å². The lowest BCUT2D eigenvalue weighted by molar-refractivity contribution is -0.172. The second-order valence-corrected chi connectivity index (χ2v) is 10.2. The zero-order valence-corrected chi connectivity index (χ0v) is 22.9. The van der Waals surface area contributed by atoms with Gasteiger partial charge in [0.05, 0.1) is 6.61 Å². The number of carbonyl (C=O) groups is 1. The third-order valence-electron chi connectivity index (χ3n) is 6.62. The first kappa shape index (κ1) is 32.2. The van der Waals surface area contributed by atoms with E-state index in [1.165, 1.54) is 128 Å². The molecule has 0 N–H and O–H groups in total. The number of carbonyl (C=O) groups excluding carboxylic acids is 1. The molecule has 0 saturated heterocycles. The summed E-state index contributed by atoms with van der Waals surface area (Å²) >= 11 is 0. The van der Waals surface area contributed by atoms with Crippen LogP contribution in [0.15, 0.2) is 12.2 Å². The molecule has 0 fully saturated rings. The summed E-state index contributed by atoms with van der Waals surface area (Å²) in [6, 6.07) is 0. The van der Waals surface area contributed by atoms with Crippen LogP contribution < -0.4 is 0 Å². The largest absolute Gasteiger partial charge is 0.433 e. The van der Waals surface area contributed by atoms with Crippen molar-refractivity contribution in [3.8, 4) is 0 Å². The number of unbranched alkanes of at least 4 members (excludes halogenated alkanes) is 16. The monoisotopic (exact) mass is 466 g/mol. The standard InChI is InChI=1S/C30H58O3/c1-6-8-10-12-14-16-17-19-21-23-25-29(24-22-20-18-15-13-11-9-7-2)26-32-28(5)33-30(31)27(3)4/h28-29H,3,6-26H2,1-2,4-5H3. The Bertz CT molecular complexity index is 446. The van der Waals surface area contributed by atoms with Crippen LogP contribution in [0, 0.1) is 5.92 Å². The second-order valence-electron chi connectivity index (χ2n) is 10.2. The molecule has 0 radical (unpaired) electrons. The molecule has 0 aromatic heterocycles. The van der Waals surface area contributed by atoms with E-state index >= 15 is 0 Å². The molecule has 33 heavy (non-hydrogen) atoms. The van der Waals surface area contributed by atoms with Crippen LogP contribution in [-0.4, -0.2) is 18.9 Å². The lowest BCUT2D eigenvalue weighted by Crippen LogP contribution is -2.22. The van der Waals surface area contributed by atoms with Gasteiger partial charge in [0.2, 0.25) is 0 Å². The normalized spacial score (nSPS) is 13.1. The van der Waals surface area contributed by atoms with Crippen molar-refractivity contribution in [2.75, 3.05) is 6.61 Å². The highest BCUT2D eigenvalue weighted by Gasteiger charge is 2.14. The summed E-state index contributed by atoms with van der Waals surface area (Å²) in [6.45, 7) is 12.4. The molecule has 3 heteroatoms. The van der Waals surface area contributed by atoms with Gasteiger partial charge in [-0.2, -0.15) is 0 Å². The molecule has 0 saturated carbocycles. The van der Waals surface area contributed by atoms with Crippen molar-refractivity contribution in [2.24, 2.45) is 5.92 Å². The average molecular weight is 467 g/mol. The van der Waals surface area contributed by atoms with Crippen LogP contribution in [0.1, 0.15) is 156 Å². The molecule has 0 rings (SSSR count). The van der Waals surface area contributed by atoms with Crippen molar-refractivity contribution in [1.29, 1.82) is 0 Å². The Hall–Kier alpha value is -0.830. The van der Waals surface area contributed by atoms with Crippen LogP contribution in [0.4, 0.5) is 0 Å². The van der Waals surface area contributed by atoms with Gasteiger partial charge < -0.3 is 9.47 Å². The summed E-state index contributed by atoms with van der Waals surface area (Å²) in [5.41, 5.74) is 0.423. The summed E-state index contributed by atoms with van der Waals surface area (Å²) in [5.74, 6) is 0.210. The lowest BCUT2D eigenvalue weighted by Gasteiger charge is -2.20. The van der Waals surface area contributed by atoms with Gasteiger partial charge >= 0.3 is 5.97 Å². The van der Waals surface area contributed by atoms with Gasteiger partial charge in [-0.1, -0.05) is 136 Å². The number of hydrogen-bond donors (Lipinski definition) is 0. The molecule has 0 spiro atoms. The maximum Gasteiger partial charge on any atom is 0.335 e. The Morgan fingerprint density at radius 1 is 0.667 bits per heavy atom. The van der Waals surface area contributed by atoms with Crippen molar-refractivity contribution in [3.05, 3.63) is 12.2 Å². The molecule has 0 aromatic rings. The van der Waals surface area contributed by atoms with Crippen molar-refractivity contribution < 1.29 is 14.3 Å². The highest BCUT2D eigenvalue weighted by molar-refractivity contribution is 5.86. The van der Waals surface area contributed by atoms with E-state index in [2.05, 4.69) is 20.4 Å². The minimum absolute atomic E-state index is 0.364. The number of esters is 1. The fraction of sp³-hybridized carbons (Fsp3) is 0.900. The molecule has 0 aliphatic heterocycles. The quantitative estimate of drug-likeness (QED) is 0.0581. The molecule has 0 bridgehead atoms. The first-order chi connectivity index (χ1) is 16.0. The highest BCUT2D eigenvalue weighted by Crippen LogP contribution is 2.21. The van der Waals surface area contributed by atoms with E-state index < -0.39 is 6.29 Å². The Balaban J connectivity index is 4.08. The van der Waals surface area contributed by atoms with Gasteiger partial charge in [-0.15, -0.1) is 0 Å². The summed E-state index contributed by atoms with van der Waals surface area (Å²) in [5, 5.41) is 0. The van der Waals surface area contributed by atoms with Crippen LogP contribution >= 0.6 is 0 Å². The van der Waals surface area contributed by atoms with Gasteiger partial charge in [-0.3, -0.25) is 0 Å². The van der Waals surface area contributed by atoms with Gasteiger partial charge in [0, 0.05) is 5.57 Å². The number of ether oxygens (including phenoxy) is 2. The molecule has 0 aromatic carbocycles. The Kier molecular flexibility index (Phi) is 23.7. The zero-order valence-electron chi connectivity index (χ0n) is 22.9. The first-order valence-electron chi connectivity index (χ1n) is 14.5. The van der Waals surface area contributed by atoms with Gasteiger partial charge in [0.15, 0.2) is 6.29 Å². The topological polar surface area (TPSA) is 35.5 Å². The molecule has 0 heterocycles. The third kappa shape index (κ3) is 22.7. The van der Waals surface area contributed by atoms with Gasteiger partial charge in [-0.25, -0.2) is 4.79 Å². The van der Waals surface area contributed by atoms with Gasteiger partial charge in [0.1, 0.15) is 0 Å². The van der Waals surface area contributed by atoms with E-state index in [4.69, 9.17) is 9.47 Å². The van der Waals surface area contributed by atoms with Crippen molar-refractivity contribution in [1.82, 2.24) is 0 Å². The van der Waals surface area contributed by atoms with E-state index in [-0.39, 0.29) is 5.97 Å². The second kappa shape index (κ2) is 24.3. The molecular formula is C30H58O3. The molecule has 3 nitrogen and oxygen atoms in total. The lowest BCUT2D eigenvalue weighted by atomic mass is 9.94.